The van der Waals surface area contributed by atoms with E-state index in [1.165, 1.54) is 0 Å². The van der Waals surface area contributed by atoms with E-state index in [0.29, 0.717) is 6.54 Å². The highest BCUT2D eigenvalue weighted by molar-refractivity contribution is 5.72. The van der Waals surface area contributed by atoms with Crippen molar-refractivity contribution >= 4 is 12.2 Å². The monoisotopic (exact) mass is 376 g/mol. The molecular weight excluding hydrogens is 348 g/mol. The van der Waals surface area contributed by atoms with E-state index < -0.39 is 17.7 Å². The van der Waals surface area contributed by atoms with Crippen molar-refractivity contribution in [1.29, 1.82) is 0 Å². The first-order valence-corrected chi connectivity index (χ1v) is 9.39. The number of aliphatic hydroxyl groups excluding tert-OH is 1. The van der Waals surface area contributed by atoms with Gasteiger partial charge >= 0.3 is 12.2 Å². The van der Waals surface area contributed by atoms with Crippen LogP contribution in [-0.4, -0.2) is 64.0 Å². The highest BCUT2D eigenvalue weighted by atomic mass is 16.6. The first-order valence-electron chi connectivity index (χ1n) is 9.39. The van der Waals surface area contributed by atoms with Crippen molar-refractivity contribution < 1.29 is 24.2 Å². The molecular formula is C20H28N2O5. The summed E-state index contributed by atoms with van der Waals surface area (Å²) in [6, 6.07) is 8.60. The van der Waals surface area contributed by atoms with Crippen LogP contribution in [0.2, 0.25) is 0 Å². The lowest BCUT2D eigenvalue weighted by Crippen LogP contribution is -2.64. The number of amides is 2. The molecule has 2 aliphatic rings. The summed E-state index contributed by atoms with van der Waals surface area (Å²) in [7, 11) is 0. The van der Waals surface area contributed by atoms with Gasteiger partial charge in [-0.15, -0.1) is 0 Å². The highest BCUT2D eigenvalue weighted by Gasteiger charge is 2.51. The summed E-state index contributed by atoms with van der Waals surface area (Å²) >= 11 is 0. The molecule has 3 rings (SSSR count). The highest BCUT2D eigenvalue weighted by Crippen LogP contribution is 2.35. The molecule has 2 fully saturated rings. The van der Waals surface area contributed by atoms with Crippen molar-refractivity contribution in [1.82, 2.24) is 9.80 Å². The fourth-order valence-corrected chi connectivity index (χ4v) is 3.87. The molecule has 148 valence electrons. The number of rotatable bonds is 3. The van der Waals surface area contributed by atoms with Gasteiger partial charge in [0.05, 0.1) is 24.7 Å². The molecule has 1 aromatic rings. The predicted octanol–water partition coefficient (Wildman–Crippen LogP) is 2.77. The number of piperazine rings is 1. The lowest BCUT2D eigenvalue weighted by molar-refractivity contribution is -0.0327. The summed E-state index contributed by atoms with van der Waals surface area (Å²) in [5.74, 6) is 0. The van der Waals surface area contributed by atoms with Crippen LogP contribution in [0.5, 0.6) is 0 Å². The molecule has 7 heteroatoms. The van der Waals surface area contributed by atoms with E-state index >= 15 is 0 Å². The van der Waals surface area contributed by atoms with E-state index in [2.05, 4.69) is 0 Å². The van der Waals surface area contributed by atoms with Crippen LogP contribution in [0.3, 0.4) is 0 Å². The molecule has 0 aromatic heterocycles. The van der Waals surface area contributed by atoms with E-state index in [1.54, 1.807) is 9.80 Å². The molecule has 7 nitrogen and oxygen atoms in total. The normalized spacial score (nSPS) is 24.7. The van der Waals surface area contributed by atoms with E-state index in [4.69, 9.17) is 9.47 Å². The Hall–Kier alpha value is -2.28. The van der Waals surface area contributed by atoms with Crippen LogP contribution in [0.4, 0.5) is 9.59 Å². The molecule has 27 heavy (non-hydrogen) atoms. The molecule has 2 amide bonds. The average molecular weight is 376 g/mol. The number of hydrogen-bond donors (Lipinski definition) is 1. The van der Waals surface area contributed by atoms with Crippen molar-refractivity contribution in [3.8, 4) is 0 Å². The third kappa shape index (κ3) is 4.35. The Bertz CT molecular complexity index is 673. The maximum Gasteiger partial charge on any atom is 0.410 e. The minimum absolute atomic E-state index is 0.114. The van der Waals surface area contributed by atoms with E-state index in [0.717, 1.165) is 18.4 Å². The van der Waals surface area contributed by atoms with E-state index in [9.17, 15) is 14.7 Å². The molecule has 1 aromatic carbocycles. The van der Waals surface area contributed by atoms with Gasteiger partial charge in [-0.05, 0) is 39.2 Å². The minimum atomic E-state index is -0.586. The number of aliphatic hydroxyl groups is 1. The van der Waals surface area contributed by atoms with Crippen LogP contribution in [0, 0.1) is 0 Å². The molecule has 0 saturated carbocycles. The maximum absolute atomic E-state index is 12.6. The first kappa shape index (κ1) is 19.5. The van der Waals surface area contributed by atoms with Gasteiger partial charge in [0, 0.05) is 6.54 Å². The SMILES string of the molecule is CC(C)(C)OC(=O)N1[C@@H]2CC[C@H]1[C@@H](CO)N(C(=O)OCc1ccccc1)C2. The lowest BCUT2D eigenvalue weighted by atomic mass is 10.0. The van der Waals surface area contributed by atoms with E-state index in [-0.39, 0.29) is 31.4 Å². The minimum Gasteiger partial charge on any atom is -0.445 e. The fourth-order valence-electron chi connectivity index (χ4n) is 3.87. The van der Waals surface area contributed by atoms with Gasteiger partial charge in [0.2, 0.25) is 0 Å². The van der Waals surface area contributed by atoms with Crippen LogP contribution in [0.25, 0.3) is 0 Å². The van der Waals surface area contributed by atoms with Gasteiger partial charge in [-0.25, -0.2) is 9.59 Å². The standard InChI is InChI=1S/C20H28N2O5/c1-20(2,3)27-19(25)22-15-9-10-16(22)17(12-23)21(11-15)18(24)26-13-14-7-5-4-6-8-14/h4-8,15-17,23H,9-13H2,1-3H3/t15-,16+,17-/m1/s1. The largest absolute Gasteiger partial charge is 0.445 e. The molecule has 0 spiro atoms. The second-order valence-electron chi connectivity index (χ2n) is 8.13. The molecule has 1 N–H and O–H groups in total. The quantitative estimate of drug-likeness (QED) is 0.877. The summed E-state index contributed by atoms with van der Waals surface area (Å²) in [6.07, 6.45) is 0.671. The number of likely N-dealkylation sites (tertiary alicyclic amines) is 1. The number of hydrogen-bond acceptors (Lipinski definition) is 5. The average Bonchev–Trinajstić information content (AvgIpc) is 2.94. The molecule has 0 aliphatic carbocycles. The summed E-state index contributed by atoms with van der Waals surface area (Å²) in [4.78, 5) is 28.5. The molecule has 2 heterocycles. The number of fused-ring (bicyclic) bond motifs is 2. The van der Waals surface area contributed by atoms with Crippen LogP contribution < -0.4 is 0 Å². The zero-order valence-electron chi connectivity index (χ0n) is 16.1. The van der Waals surface area contributed by atoms with Gasteiger partial charge in [-0.3, -0.25) is 9.80 Å². The Labute approximate surface area is 159 Å². The maximum atomic E-state index is 12.6. The molecule has 2 bridgehead atoms. The van der Waals surface area contributed by atoms with Crippen molar-refractivity contribution in [3.63, 3.8) is 0 Å². The Morgan fingerprint density at radius 2 is 1.85 bits per heavy atom. The summed E-state index contributed by atoms with van der Waals surface area (Å²) < 4.78 is 11.0. The Kier molecular flexibility index (Phi) is 5.60. The lowest BCUT2D eigenvalue weighted by Gasteiger charge is -2.45. The second kappa shape index (κ2) is 7.76. The number of carbonyl (C=O) groups excluding carboxylic acids is 2. The summed E-state index contributed by atoms with van der Waals surface area (Å²) in [5, 5.41) is 9.92. The van der Waals surface area contributed by atoms with Crippen LogP contribution in [0.15, 0.2) is 30.3 Å². The number of nitrogens with zero attached hydrogens (tertiary/aromatic N) is 2. The van der Waals surface area contributed by atoms with Gasteiger partial charge in [0.15, 0.2) is 0 Å². The molecule has 2 aliphatic heterocycles. The predicted molar refractivity (Wildman–Crippen MR) is 99.1 cm³/mol. The van der Waals surface area contributed by atoms with Crippen LogP contribution in [0.1, 0.15) is 39.2 Å². The zero-order chi connectivity index (χ0) is 19.6. The third-order valence-electron chi connectivity index (χ3n) is 5.03. The smallest absolute Gasteiger partial charge is 0.410 e. The van der Waals surface area contributed by atoms with E-state index in [1.807, 2.05) is 51.1 Å². The summed E-state index contributed by atoms with van der Waals surface area (Å²) in [5.41, 5.74) is 0.318. The van der Waals surface area contributed by atoms with Crippen molar-refractivity contribution in [2.75, 3.05) is 13.2 Å². The Balaban J connectivity index is 1.67. The number of carbonyl (C=O) groups is 2. The third-order valence-corrected chi connectivity index (χ3v) is 5.03. The molecule has 0 unspecified atom stereocenters. The van der Waals surface area contributed by atoms with Crippen LogP contribution in [-0.2, 0) is 16.1 Å². The Morgan fingerprint density at radius 3 is 2.48 bits per heavy atom. The van der Waals surface area contributed by atoms with Crippen molar-refractivity contribution in [2.45, 2.75) is 63.9 Å². The topological polar surface area (TPSA) is 79.3 Å². The van der Waals surface area contributed by atoms with Gasteiger partial charge in [-0.1, -0.05) is 30.3 Å². The fraction of sp³-hybridized carbons (Fsp3) is 0.600. The van der Waals surface area contributed by atoms with Gasteiger partial charge in [0.1, 0.15) is 12.2 Å². The van der Waals surface area contributed by atoms with Gasteiger partial charge < -0.3 is 14.6 Å². The van der Waals surface area contributed by atoms with Gasteiger partial charge in [-0.2, -0.15) is 0 Å². The molecule has 3 atom stereocenters. The molecule has 2 saturated heterocycles. The first-order chi connectivity index (χ1) is 12.8. The second-order valence-corrected chi connectivity index (χ2v) is 8.13. The number of ether oxygens (including phenoxy) is 2. The zero-order valence-corrected chi connectivity index (χ0v) is 16.1. The number of benzene rings is 1. The summed E-state index contributed by atoms with van der Waals surface area (Å²) in [6.45, 7) is 5.78. The van der Waals surface area contributed by atoms with Crippen LogP contribution >= 0.6 is 0 Å². The van der Waals surface area contributed by atoms with Gasteiger partial charge in [0.25, 0.3) is 0 Å². The van der Waals surface area contributed by atoms with Crippen molar-refractivity contribution in [3.05, 3.63) is 35.9 Å². The molecule has 0 radical (unpaired) electrons. The van der Waals surface area contributed by atoms with Crippen molar-refractivity contribution in [2.24, 2.45) is 0 Å². The Morgan fingerprint density at radius 1 is 1.15 bits per heavy atom.